The van der Waals surface area contributed by atoms with Gasteiger partial charge in [0.15, 0.2) is 0 Å². The molecular formula is C28H27N3O5S2. The SMILES string of the molecule is Cc1ccccc1CN(c1ccc(C(=O)Nc2ccc(S(=O)(=O)Nc3ccccc3)cc2)cc1)S(C)(=O)=O. The zero-order valence-electron chi connectivity index (χ0n) is 20.8. The second kappa shape index (κ2) is 11.1. The van der Waals surface area contributed by atoms with E-state index in [1.807, 2.05) is 31.2 Å². The molecule has 0 atom stereocenters. The standard InChI is InChI=1S/C28H27N3O5S2/c1-21-8-6-7-9-23(21)20-31(37(2,33)34)26-16-12-22(13-17-26)28(32)29-24-14-18-27(19-15-24)38(35,36)30-25-10-4-3-5-11-25/h3-19,30H,20H2,1-2H3,(H,29,32). The van der Waals surface area contributed by atoms with Crippen LogP contribution in [0, 0.1) is 6.92 Å². The van der Waals surface area contributed by atoms with Crippen LogP contribution in [0.25, 0.3) is 0 Å². The number of hydrogen-bond acceptors (Lipinski definition) is 5. The predicted octanol–water partition coefficient (Wildman–Crippen LogP) is 5.01. The first kappa shape index (κ1) is 26.9. The van der Waals surface area contributed by atoms with Crippen molar-refractivity contribution in [1.29, 1.82) is 0 Å². The summed E-state index contributed by atoms with van der Waals surface area (Å²) in [5.74, 6) is -0.417. The van der Waals surface area contributed by atoms with E-state index in [1.54, 1.807) is 54.6 Å². The van der Waals surface area contributed by atoms with Gasteiger partial charge in [-0.1, -0.05) is 42.5 Å². The minimum Gasteiger partial charge on any atom is -0.322 e. The highest BCUT2D eigenvalue weighted by Crippen LogP contribution is 2.23. The molecule has 4 rings (SSSR count). The number of anilines is 3. The molecule has 0 fully saturated rings. The zero-order chi connectivity index (χ0) is 27.3. The largest absolute Gasteiger partial charge is 0.322 e. The summed E-state index contributed by atoms with van der Waals surface area (Å²) in [7, 11) is -7.35. The quantitative estimate of drug-likeness (QED) is 0.305. The number of nitrogens with one attached hydrogen (secondary N) is 2. The maximum atomic E-state index is 12.8. The highest BCUT2D eigenvalue weighted by molar-refractivity contribution is 7.92. The monoisotopic (exact) mass is 549 g/mol. The van der Waals surface area contributed by atoms with Gasteiger partial charge in [0.1, 0.15) is 0 Å². The van der Waals surface area contributed by atoms with Crippen molar-refractivity contribution in [2.24, 2.45) is 0 Å². The van der Waals surface area contributed by atoms with Gasteiger partial charge in [-0.25, -0.2) is 16.8 Å². The van der Waals surface area contributed by atoms with Crippen molar-refractivity contribution in [2.75, 3.05) is 20.6 Å². The number of benzene rings is 4. The molecule has 0 spiro atoms. The van der Waals surface area contributed by atoms with Crippen molar-refractivity contribution in [1.82, 2.24) is 0 Å². The summed E-state index contributed by atoms with van der Waals surface area (Å²) in [5, 5.41) is 2.73. The van der Waals surface area contributed by atoms with Gasteiger partial charge in [-0.3, -0.25) is 13.8 Å². The van der Waals surface area contributed by atoms with Crippen LogP contribution in [-0.4, -0.2) is 29.0 Å². The summed E-state index contributed by atoms with van der Waals surface area (Å²) in [6.07, 6.45) is 1.14. The predicted molar refractivity (Wildman–Crippen MR) is 150 cm³/mol. The van der Waals surface area contributed by atoms with Gasteiger partial charge in [-0.15, -0.1) is 0 Å². The van der Waals surface area contributed by atoms with Crippen molar-refractivity contribution < 1.29 is 21.6 Å². The summed E-state index contributed by atoms with van der Waals surface area (Å²) < 4.78 is 54.0. The number of aryl methyl sites for hydroxylation is 1. The fourth-order valence-corrected chi connectivity index (χ4v) is 5.70. The average molecular weight is 550 g/mol. The maximum Gasteiger partial charge on any atom is 0.261 e. The van der Waals surface area contributed by atoms with Gasteiger partial charge in [0, 0.05) is 16.9 Å². The summed E-state index contributed by atoms with van der Waals surface area (Å²) in [5.41, 5.74) is 3.47. The molecule has 0 aliphatic rings. The number of sulfonamides is 2. The van der Waals surface area contributed by atoms with Gasteiger partial charge in [0.25, 0.3) is 15.9 Å². The van der Waals surface area contributed by atoms with Gasteiger partial charge in [-0.2, -0.15) is 0 Å². The molecule has 10 heteroatoms. The molecule has 1 amide bonds. The molecule has 0 unspecified atom stereocenters. The molecule has 0 aliphatic carbocycles. The first-order valence-electron chi connectivity index (χ1n) is 11.6. The molecule has 8 nitrogen and oxygen atoms in total. The Morgan fingerprint density at radius 2 is 1.34 bits per heavy atom. The topological polar surface area (TPSA) is 113 Å². The van der Waals surface area contributed by atoms with E-state index in [9.17, 15) is 21.6 Å². The van der Waals surface area contributed by atoms with Crippen molar-refractivity contribution in [3.63, 3.8) is 0 Å². The van der Waals surface area contributed by atoms with E-state index < -0.39 is 26.0 Å². The third kappa shape index (κ3) is 6.58. The van der Waals surface area contributed by atoms with Gasteiger partial charge >= 0.3 is 0 Å². The minimum absolute atomic E-state index is 0.0539. The molecule has 2 N–H and O–H groups in total. The number of carbonyl (C=O) groups excluding carboxylic acids is 1. The number of nitrogens with zero attached hydrogens (tertiary/aromatic N) is 1. The molecule has 0 saturated heterocycles. The number of hydrogen-bond donors (Lipinski definition) is 2. The Hall–Kier alpha value is -4.15. The summed E-state index contributed by atoms with van der Waals surface area (Å²) >= 11 is 0. The molecule has 0 saturated carbocycles. The van der Waals surface area contributed by atoms with E-state index in [0.29, 0.717) is 22.6 Å². The Bertz CT molecular complexity index is 1640. The summed E-state index contributed by atoms with van der Waals surface area (Å²) in [6.45, 7) is 2.09. The molecule has 4 aromatic carbocycles. The molecule has 196 valence electrons. The van der Waals surface area contributed by atoms with Crippen LogP contribution in [0.3, 0.4) is 0 Å². The lowest BCUT2D eigenvalue weighted by atomic mass is 10.1. The number of rotatable bonds is 9. The molecule has 0 heterocycles. The van der Waals surface area contributed by atoms with Crippen molar-refractivity contribution in [2.45, 2.75) is 18.4 Å². The van der Waals surface area contributed by atoms with Crippen LogP contribution < -0.4 is 14.3 Å². The fraction of sp³-hybridized carbons (Fsp3) is 0.107. The van der Waals surface area contributed by atoms with E-state index in [-0.39, 0.29) is 11.4 Å². The summed E-state index contributed by atoms with van der Waals surface area (Å²) in [6, 6.07) is 28.2. The third-order valence-electron chi connectivity index (χ3n) is 5.84. The highest BCUT2D eigenvalue weighted by Gasteiger charge is 2.19. The van der Waals surface area contributed by atoms with Crippen molar-refractivity contribution >= 4 is 43.0 Å². The van der Waals surface area contributed by atoms with E-state index in [4.69, 9.17) is 0 Å². The molecule has 0 bridgehead atoms. The van der Waals surface area contributed by atoms with Crippen LogP contribution in [0.1, 0.15) is 21.5 Å². The fourth-order valence-electron chi connectivity index (χ4n) is 3.76. The Morgan fingerprint density at radius 3 is 1.95 bits per heavy atom. The van der Waals surface area contributed by atoms with E-state index >= 15 is 0 Å². The molecule has 0 aliphatic heterocycles. The molecule has 0 aromatic heterocycles. The van der Waals surface area contributed by atoms with Crippen LogP contribution in [0.2, 0.25) is 0 Å². The van der Waals surface area contributed by atoms with Crippen molar-refractivity contribution in [3.8, 4) is 0 Å². The van der Waals surface area contributed by atoms with E-state index in [1.165, 1.54) is 28.6 Å². The molecule has 4 aromatic rings. The average Bonchev–Trinajstić information content (AvgIpc) is 2.88. The molecule has 0 radical (unpaired) electrons. The van der Waals surface area contributed by atoms with Crippen molar-refractivity contribution in [3.05, 3.63) is 120 Å². The smallest absolute Gasteiger partial charge is 0.261 e. The van der Waals surface area contributed by atoms with Gasteiger partial charge < -0.3 is 5.32 Å². The van der Waals surface area contributed by atoms with Crippen LogP contribution in [0.5, 0.6) is 0 Å². The van der Waals surface area contributed by atoms with Crippen LogP contribution in [0.15, 0.2) is 108 Å². The number of carbonyl (C=O) groups is 1. The lowest BCUT2D eigenvalue weighted by Crippen LogP contribution is -2.29. The first-order chi connectivity index (χ1) is 18.0. The zero-order valence-corrected chi connectivity index (χ0v) is 22.5. The van der Waals surface area contributed by atoms with Crippen LogP contribution >= 0.6 is 0 Å². The lowest BCUT2D eigenvalue weighted by molar-refractivity contribution is 0.102. The molecular weight excluding hydrogens is 522 g/mol. The third-order valence-corrected chi connectivity index (χ3v) is 8.38. The van der Waals surface area contributed by atoms with Gasteiger partial charge in [-0.05, 0) is 78.7 Å². The van der Waals surface area contributed by atoms with Gasteiger partial charge in [0.2, 0.25) is 10.0 Å². The Labute approximate surface area is 223 Å². The van der Waals surface area contributed by atoms with Gasteiger partial charge in [0.05, 0.1) is 23.4 Å². The van der Waals surface area contributed by atoms with E-state index in [0.717, 1.165) is 17.4 Å². The summed E-state index contributed by atoms with van der Waals surface area (Å²) in [4.78, 5) is 12.8. The number of para-hydroxylation sites is 1. The maximum absolute atomic E-state index is 12.8. The second-order valence-corrected chi connectivity index (χ2v) is 12.3. The van der Waals surface area contributed by atoms with Crippen LogP contribution in [-0.2, 0) is 26.6 Å². The first-order valence-corrected chi connectivity index (χ1v) is 15.0. The Kier molecular flexibility index (Phi) is 7.84. The normalized spacial score (nSPS) is 11.5. The van der Waals surface area contributed by atoms with E-state index in [2.05, 4.69) is 10.0 Å². The van der Waals surface area contributed by atoms with Crippen LogP contribution in [0.4, 0.5) is 17.1 Å². The number of amides is 1. The Balaban J connectivity index is 1.45. The second-order valence-electron chi connectivity index (χ2n) is 8.69. The molecule has 38 heavy (non-hydrogen) atoms. The minimum atomic E-state index is -3.78. The Morgan fingerprint density at radius 1 is 0.737 bits per heavy atom. The highest BCUT2D eigenvalue weighted by atomic mass is 32.2. The lowest BCUT2D eigenvalue weighted by Gasteiger charge is -2.23.